The molecule has 0 saturated carbocycles. The quantitative estimate of drug-likeness (QED) is 0.869. The van der Waals surface area contributed by atoms with E-state index in [1.807, 2.05) is 13.0 Å². The monoisotopic (exact) mass is 314 g/mol. The first-order valence-corrected chi connectivity index (χ1v) is 6.09. The molecule has 2 aromatic rings. The fraction of sp³-hybridized carbons (Fsp3) is 0.0833. The van der Waals surface area contributed by atoms with Gasteiger partial charge in [-0.2, -0.15) is 0 Å². The van der Waals surface area contributed by atoms with E-state index < -0.39 is 5.82 Å². The summed E-state index contributed by atoms with van der Waals surface area (Å²) in [4.78, 5) is 4.13. The van der Waals surface area contributed by atoms with Gasteiger partial charge >= 0.3 is 0 Å². The molecular weight excluding hydrogens is 307 g/mol. The third-order valence-corrected chi connectivity index (χ3v) is 3.60. The van der Waals surface area contributed by atoms with Gasteiger partial charge in [0.2, 0.25) is 0 Å². The van der Waals surface area contributed by atoms with Crippen LogP contribution in [0.25, 0.3) is 0 Å². The minimum atomic E-state index is -0.410. The minimum Gasteiger partial charge on any atom is -0.336 e. The number of nitrogens with one attached hydrogen (secondary N) is 1. The Kier molecular flexibility index (Phi) is 3.64. The summed E-state index contributed by atoms with van der Waals surface area (Å²) in [5.41, 5.74) is 1.24. The van der Waals surface area contributed by atoms with Crippen LogP contribution in [0.5, 0.6) is 0 Å². The molecule has 2 nitrogen and oxygen atoms in total. The Balaban J connectivity index is 2.42. The molecular formula is C12H9BrClFN2. The molecule has 1 aromatic heterocycles. The number of hydrogen-bond donors (Lipinski definition) is 1. The highest BCUT2D eigenvalue weighted by atomic mass is 79.9. The van der Waals surface area contributed by atoms with Crippen molar-refractivity contribution in [3.05, 3.63) is 51.3 Å². The maximum atomic E-state index is 13.6. The Bertz CT molecular complexity index is 540. The molecule has 1 heterocycles. The molecule has 0 aliphatic rings. The molecule has 1 N–H and O–H groups in total. The van der Waals surface area contributed by atoms with Crippen LogP contribution < -0.4 is 5.32 Å². The Hall–Kier alpha value is -1.13. The maximum absolute atomic E-state index is 13.6. The first-order chi connectivity index (χ1) is 8.09. The van der Waals surface area contributed by atoms with Crippen LogP contribution >= 0.6 is 27.5 Å². The molecule has 0 atom stereocenters. The van der Waals surface area contributed by atoms with E-state index in [0.29, 0.717) is 10.8 Å². The van der Waals surface area contributed by atoms with Gasteiger partial charge in [0.1, 0.15) is 11.6 Å². The summed E-state index contributed by atoms with van der Waals surface area (Å²) < 4.78 is 14.4. The van der Waals surface area contributed by atoms with Crippen molar-refractivity contribution < 1.29 is 4.39 Å². The lowest BCUT2D eigenvalue weighted by molar-refractivity contribution is 0.632. The van der Waals surface area contributed by atoms with Crippen LogP contribution in [0.1, 0.15) is 5.56 Å². The fourth-order valence-electron chi connectivity index (χ4n) is 1.36. The number of nitrogens with zero attached hydrogens (tertiary/aromatic N) is 1. The molecule has 17 heavy (non-hydrogen) atoms. The zero-order valence-electron chi connectivity index (χ0n) is 8.97. The molecule has 0 unspecified atom stereocenters. The Labute approximate surface area is 112 Å². The lowest BCUT2D eigenvalue weighted by Crippen LogP contribution is -1.98. The van der Waals surface area contributed by atoms with Gasteiger partial charge in [0.15, 0.2) is 0 Å². The van der Waals surface area contributed by atoms with Crippen molar-refractivity contribution in [2.75, 3.05) is 5.32 Å². The van der Waals surface area contributed by atoms with E-state index in [9.17, 15) is 4.39 Å². The Morgan fingerprint density at radius 2 is 2.12 bits per heavy atom. The first kappa shape index (κ1) is 12.3. The van der Waals surface area contributed by atoms with Gasteiger partial charge in [0, 0.05) is 6.20 Å². The van der Waals surface area contributed by atoms with Crippen LogP contribution in [0.2, 0.25) is 5.02 Å². The van der Waals surface area contributed by atoms with Crippen LogP contribution in [0.3, 0.4) is 0 Å². The topological polar surface area (TPSA) is 24.9 Å². The summed E-state index contributed by atoms with van der Waals surface area (Å²) in [7, 11) is 0. The van der Waals surface area contributed by atoms with E-state index in [2.05, 4.69) is 26.2 Å². The van der Waals surface area contributed by atoms with Crippen molar-refractivity contribution in [2.45, 2.75) is 6.92 Å². The summed E-state index contributed by atoms with van der Waals surface area (Å²) in [5.74, 6) is 0.129. The van der Waals surface area contributed by atoms with E-state index in [0.717, 1.165) is 10.0 Å². The smallest absolute Gasteiger partial charge is 0.148 e. The van der Waals surface area contributed by atoms with Crippen molar-refractivity contribution in [3.63, 3.8) is 0 Å². The second kappa shape index (κ2) is 5.02. The number of rotatable bonds is 2. The average molecular weight is 316 g/mol. The van der Waals surface area contributed by atoms with Crippen molar-refractivity contribution in [1.29, 1.82) is 0 Å². The predicted octanol–water partition coefficient (Wildman–Crippen LogP) is 4.69. The molecule has 0 spiro atoms. The Morgan fingerprint density at radius 1 is 1.35 bits per heavy atom. The number of benzene rings is 1. The number of para-hydroxylation sites is 1. The fourth-order valence-corrected chi connectivity index (χ4v) is 1.91. The molecule has 0 aliphatic heterocycles. The van der Waals surface area contributed by atoms with Crippen molar-refractivity contribution in [3.8, 4) is 0 Å². The second-order valence-electron chi connectivity index (χ2n) is 3.51. The van der Waals surface area contributed by atoms with E-state index in [1.165, 1.54) is 6.07 Å². The van der Waals surface area contributed by atoms with E-state index in [4.69, 9.17) is 11.6 Å². The van der Waals surface area contributed by atoms with Crippen molar-refractivity contribution in [1.82, 2.24) is 4.98 Å². The summed E-state index contributed by atoms with van der Waals surface area (Å²) in [5, 5.41) is 3.20. The second-order valence-corrected chi connectivity index (χ2v) is 4.71. The minimum absolute atomic E-state index is 0.230. The van der Waals surface area contributed by atoms with Gasteiger partial charge in [0.05, 0.1) is 15.2 Å². The average Bonchev–Trinajstić information content (AvgIpc) is 2.29. The molecule has 0 saturated heterocycles. The number of aromatic nitrogens is 1. The summed E-state index contributed by atoms with van der Waals surface area (Å²) in [6, 6.07) is 6.38. The lowest BCUT2D eigenvalue weighted by atomic mass is 10.2. The predicted molar refractivity (Wildman–Crippen MR) is 71.4 cm³/mol. The number of pyridine rings is 1. The van der Waals surface area contributed by atoms with Gasteiger partial charge in [-0.3, -0.25) is 0 Å². The van der Waals surface area contributed by atoms with E-state index >= 15 is 0 Å². The number of halogens is 3. The van der Waals surface area contributed by atoms with Crippen LogP contribution in [0.4, 0.5) is 15.9 Å². The van der Waals surface area contributed by atoms with E-state index in [-0.39, 0.29) is 5.69 Å². The highest BCUT2D eigenvalue weighted by Gasteiger charge is 2.10. The summed E-state index contributed by atoms with van der Waals surface area (Å²) in [6.45, 7) is 1.93. The summed E-state index contributed by atoms with van der Waals surface area (Å²) in [6.07, 6.45) is 1.65. The van der Waals surface area contributed by atoms with Gasteiger partial charge < -0.3 is 5.32 Å². The third kappa shape index (κ3) is 2.58. The molecule has 1 aromatic carbocycles. The number of anilines is 2. The molecule has 0 bridgehead atoms. The van der Waals surface area contributed by atoms with Gasteiger partial charge in [-0.05, 0) is 46.6 Å². The SMILES string of the molecule is Cc1ccnc(Nc2c(F)cccc2Cl)c1Br. The molecule has 0 fully saturated rings. The van der Waals surface area contributed by atoms with Crippen LogP contribution in [0.15, 0.2) is 34.9 Å². The van der Waals surface area contributed by atoms with E-state index in [1.54, 1.807) is 18.3 Å². The van der Waals surface area contributed by atoms with Crippen molar-refractivity contribution >= 4 is 39.0 Å². The van der Waals surface area contributed by atoms with Crippen LogP contribution in [0, 0.1) is 12.7 Å². The molecule has 0 amide bonds. The molecule has 5 heteroatoms. The van der Waals surface area contributed by atoms with Gasteiger partial charge in [-0.15, -0.1) is 0 Å². The normalized spacial score (nSPS) is 10.4. The standard InChI is InChI=1S/C12H9BrClFN2/c1-7-5-6-16-12(10(7)13)17-11-8(14)3-2-4-9(11)15/h2-6H,1H3,(H,16,17). The van der Waals surface area contributed by atoms with Crippen LogP contribution in [-0.2, 0) is 0 Å². The highest BCUT2D eigenvalue weighted by Crippen LogP contribution is 2.31. The van der Waals surface area contributed by atoms with Gasteiger partial charge in [0.25, 0.3) is 0 Å². The largest absolute Gasteiger partial charge is 0.336 e. The molecule has 0 radical (unpaired) electrons. The molecule has 88 valence electrons. The zero-order chi connectivity index (χ0) is 12.4. The van der Waals surface area contributed by atoms with Crippen molar-refractivity contribution in [2.24, 2.45) is 0 Å². The number of hydrogen-bond acceptors (Lipinski definition) is 2. The third-order valence-electron chi connectivity index (χ3n) is 2.29. The molecule has 2 rings (SSSR count). The zero-order valence-corrected chi connectivity index (χ0v) is 11.3. The molecule has 0 aliphatic carbocycles. The van der Waals surface area contributed by atoms with Gasteiger partial charge in [-0.1, -0.05) is 17.7 Å². The Morgan fingerprint density at radius 3 is 2.82 bits per heavy atom. The first-order valence-electron chi connectivity index (χ1n) is 4.91. The maximum Gasteiger partial charge on any atom is 0.148 e. The summed E-state index contributed by atoms with van der Waals surface area (Å²) >= 11 is 9.32. The lowest BCUT2D eigenvalue weighted by Gasteiger charge is -2.11. The number of aryl methyl sites for hydroxylation is 1. The van der Waals surface area contributed by atoms with Gasteiger partial charge in [-0.25, -0.2) is 9.37 Å². The van der Waals surface area contributed by atoms with Crippen LogP contribution in [-0.4, -0.2) is 4.98 Å². The highest BCUT2D eigenvalue weighted by molar-refractivity contribution is 9.10.